The van der Waals surface area contributed by atoms with Crippen molar-refractivity contribution >= 4 is 28.8 Å². The minimum atomic E-state index is 0.498. The van der Waals surface area contributed by atoms with Gasteiger partial charge in [-0.05, 0) is 48.4 Å². The van der Waals surface area contributed by atoms with E-state index in [1.165, 1.54) is 11.1 Å². The first-order chi connectivity index (χ1) is 12.1. The van der Waals surface area contributed by atoms with Crippen LogP contribution in [0.15, 0.2) is 48.5 Å². The fraction of sp³-hybridized carbons (Fsp3) is 0.300. The summed E-state index contributed by atoms with van der Waals surface area (Å²) in [5.41, 5.74) is 2.44. The second-order valence-electron chi connectivity index (χ2n) is 6.00. The van der Waals surface area contributed by atoms with Crippen LogP contribution in [-0.2, 0) is 4.74 Å². The molecule has 3 nitrogen and oxygen atoms in total. The van der Waals surface area contributed by atoms with E-state index in [-0.39, 0.29) is 0 Å². The molecular formula is C20H21Cl2NO2. The number of ether oxygens (including phenoxy) is 2. The summed E-state index contributed by atoms with van der Waals surface area (Å²) in [4.78, 5) is 2.40. The van der Waals surface area contributed by atoms with Gasteiger partial charge in [-0.25, -0.2) is 0 Å². The summed E-state index contributed by atoms with van der Waals surface area (Å²) >= 11 is 12.0. The maximum atomic E-state index is 6.14. The number of hydrogen-bond donors (Lipinski definition) is 0. The van der Waals surface area contributed by atoms with E-state index in [1.807, 2.05) is 12.1 Å². The first-order valence-corrected chi connectivity index (χ1v) is 9.07. The van der Waals surface area contributed by atoms with Gasteiger partial charge in [-0.1, -0.05) is 41.4 Å². The van der Waals surface area contributed by atoms with Gasteiger partial charge in [0.2, 0.25) is 0 Å². The minimum Gasteiger partial charge on any atom is -0.456 e. The van der Waals surface area contributed by atoms with E-state index in [0.717, 1.165) is 38.6 Å². The monoisotopic (exact) mass is 377 g/mol. The van der Waals surface area contributed by atoms with E-state index in [2.05, 4.69) is 30.0 Å². The average molecular weight is 378 g/mol. The molecular weight excluding hydrogens is 357 g/mol. The standard InChI is InChI=1S/C20H21Cl2NO2/c1-15(8-9-23-10-12-24-13-11-23)16-2-5-18(6-3-16)25-20-7-4-17(21)14-19(20)22/h2-8,14H,9-13H2,1H3. The van der Waals surface area contributed by atoms with E-state index in [0.29, 0.717) is 15.8 Å². The smallest absolute Gasteiger partial charge is 0.146 e. The van der Waals surface area contributed by atoms with Gasteiger partial charge in [-0.3, -0.25) is 4.90 Å². The quantitative estimate of drug-likeness (QED) is 0.684. The number of halogens is 2. The van der Waals surface area contributed by atoms with Crippen molar-refractivity contribution in [2.75, 3.05) is 32.8 Å². The van der Waals surface area contributed by atoms with Crippen LogP contribution < -0.4 is 4.74 Å². The molecule has 0 aromatic heterocycles. The van der Waals surface area contributed by atoms with Crippen molar-refractivity contribution in [2.24, 2.45) is 0 Å². The summed E-state index contributed by atoms with van der Waals surface area (Å²) in [6.07, 6.45) is 2.26. The number of hydrogen-bond acceptors (Lipinski definition) is 3. The predicted octanol–water partition coefficient (Wildman–Crippen LogP) is 5.52. The molecule has 0 atom stereocenters. The van der Waals surface area contributed by atoms with Crippen LogP contribution in [0.1, 0.15) is 12.5 Å². The Hall–Kier alpha value is -1.52. The third-order valence-electron chi connectivity index (χ3n) is 4.19. The molecule has 1 fully saturated rings. The van der Waals surface area contributed by atoms with E-state index in [1.54, 1.807) is 18.2 Å². The fourth-order valence-electron chi connectivity index (χ4n) is 2.64. The van der Waals surface area contributed by atoms with Crippen LogP contribution in [0.4, 0.5) is 0 Å². The van der Waals surface area contributed by atoms with Gasteiger partial charge >= 0.3 is 0 Å². The first-order valence-electron chi connectivity index (χ1n) is 8.32. The zero-order valence-electron chi connectivity index (χ0n) is 14.2. The fourth-order valence-corrected chi connectivity index (χ4v) is 3.09. The van der Waals surface area contributed by atoms with Crippen molar-refractivity contribution in [1.82, 2.24) is 4.90 Å². The Bertz CT molecular complexity index is 738. The maximum Gasteiger partial charge on any atom is 0.146 e. The lowest BCUT2D eigenvalue weighted by Crippen LogP contribution is -2.36. The molecule has 0 N–H and O–H groups in total. The van der Waals surface area contributed by atoms with Crippen LogP contribution in [0.5, 0.6) is 11.5 Å². The zero-order chi connectivity index (χ0) is 17.6. The molecule has 0 amide bonds. The Morgan fingerprint density at radius 2 is 1.84 bits per heavy atom. The number of rotatable bonds is 5. The zero-order valence-corrected chi connectivity index (χ0v) is 15.7. The van der Waals surface area contributed by atoms with Crippen molar-refractivity contribution in [3.63, 3.8) is 0 Å². The Morgan fingerprint density at radius 1 is 1.12 bits per heavy atom. The number of nitrogens with zero attached hydrogens (tertiary/aromatic N) is 1. The third-order valence-corrected chi connectivity index (χ3v) is 4.72. The van der Waals surface area contributed by atoms with Gasteiger partial charge in [-0.15, -0.1) is 0 Å². The highest BCUT2D eigenvalue weighted by atomic mass is 35.5. The molecule has 0 bridgehead atoms. The van der Waals surface area contributed by atoms with Crippen molar-refractivity contribution in [2.45, 2.75) is 6.92 Å². The maximum absolute atomic E-state index is 6.14. The summed E-state index contributed by atoms with van der Waals surface area (Å²) in [7, 11) is 0. The van der Waals surface area contributed by atoms with Gasteiger partial charge in [0.1, 0.15) is 11.5 Å². The molecule has 1 aliphatic heterocycles. The summed E-state index contributed by atoms with van der Waals surface area (Å²) < 4.78 is 11.2. The molecule has 5 heteroatoms. The van der Waals surface area contributed by atoms with Crippen LogP contribution in [0.2, 0.25) is 10.0 Å². The molecule has 0 aliphatic carbocycles. The molecule has 132 valence electrons. The van der Waals surface area contributed by atoms with Crippen molar-refractivity contribution in [1.29, 1.82) is 0 Å². The van der Waals surface area contributed by atoms with Crippen molar-refractivity contribution < 1.29 is 9.47 Å². The molecule has 25 heavy (non-hydrogen) atoms. The van der Waals surface area contributed by atoms with Gasteiger partial charge in [0.05, 0.1) is 18.2 Å². The van der Waals surface area contributed by atoms with Crippen molar-refractivity contribution in [3.05, 3.63) is 64.1 Å². The highest BCUT2D eigenvalue weighted by molar-refractivity contribution is 6.35. The number of allylic oxidation sites excluding steroid dienone is 1. The van der Waals surface area contributed by atoms with Crippen LogP contribution >= 0.6 is 23.2 Å². The van der Waals surface area contributed by atoms with Crippen LogP contribution in [-0.4, -0.2) is 37.7 Å². The molecule has 0 saturated carbocycles. The number of benzene rings is 2. The van der Waals surface area contributed by atoms with Gasteiger partial charge in [0.15, 0.2) is 0 Å². The largest absolute Gasteiger partial charge is 0.456 e. The lowest BCUT2D eigenvalue weighted by molar-refractivity contribution is 0.0435. The highest BCUT2D eigenvalue weighted by Crippen LogP contribution is 2.32. The van der Waals surface area contributed by atoms with Gasteiger partial charge in [-0.2, -0.15) is 0 Å². The van der Waals surface area contributed by atoms with Gasteiger partial charge in [0, 0.05) is 24.7 Å². The Kier molecular flexibility index (Phi) is 6.38. The van der Waals surface area contributed by atoms with E-state index < -0.39 is 0 Å². The number of morpholine rings is 1. The second kappa shape index (κ2) is 8.72. The molecule has 1 saturated heterocycles. The lowest BCUT2D eigenvalue weighted by Gasteiger charge is -2.25. The summed E-state index contributed by atoms with van der Waals surface area (Å²) in [6.45, 7) is 6.73. The molecule has 0 radical (unpaired) electrons. The van der Waals surface area contributed by atoms with Crippen LogP contribution in [0.3, 0.4) is 0 Å². The van der Waals surface area contributed by atoms with Crippen LogP contribution in [0, 0.1) is 0 Å². The summed E-state index contributed by atoms with van der Waals surface area (Å²) in [5.74, 6) is 1.34. The SMILES string of the molecule is CC(=CCN1CCOCC1)c1ccc(Oc2ccc(Cl)cc2Cl)cc1. The molecule has 1 heterocycles. The van der Waals surface area contributed by atoms with E-state index >= 15 is 0 Å². The molecule has 0 unspecified atom stereocenters. The summed E-state index contributed by atoms with van der Waals surface area (Å²) in [5, 5.41) is 1.09. The third kappa shape index (κ3) is 5.23. The molecule has 0 spiro atoms. The molecule has 3 rings (SSSR count). The van der Waals surface area contributed by atoms with E-state index in [9.17, 15) is 0 Å². The van der Waals surface area contributed by atoms with Gasteiger partial charge in [0.25, 0.3) is 0 Å². The topological polar surface area (TPSA) is 21.7 Å². The Labute approximate surface area is 158 Å². The van der Waals surface area contributed by atoms with Crippen molar-refractivity contribution in [3.8, 4) is 11.5 Å². The lowest BCUT2D eigenvalue weighted by atomic mass is 10.1. The Morgan fingerprint density at radius 3 is 2.52 bits per heavy atom. The minimum absolute atomic E-state index is 0.498. The van der Waals surface area contributed by atoms with Gasteiger partial charge < -0.3 is 9.47 Å². The Balaban J connectivity index is 1.62. The molecule has 2 aromatic carbocycles. The predicted molar refractivity (Wildman–Crippen MR) is 104 cm³/mol. The second-order valence-corrected chi connectivity index (χ2v) is 6.84. The summed E-state index contributed by atoms with van der Waals surface area (Å²) in [6, 6.07) is 13.2. The molecule has 2 aromatic rings. The van der Waals surface area contributed by atoms with Crippen LogP contribution in [0.25, 0.3) is 5.57 Å². The first kappa shape index (κ1) is 18.3. The normalized spacial score (nSPS) is 16.0. The molecule has 1 aliphatic rings. The highest BCUT2D eigenvalue weighted by Gasteiger charge is 2.09. The van der Waals surface area contributed by atoms with E-state index in [4.69, 9.17) is 32.7 Å². The average Bonchev–Trinajstić information content (AvgIpc) is 2.63.